The van der Waals surface area contributed by atoms with E-state index in [1.807, 2.05) is 23.0 Å². The van der Waals surface area contributed by atoms with Crippen molar-refractivity contribution in [2.45, 2.75) is 20.4 Å². The summed E-state index contributed by atoms with van der Waals surface area (Å²) < 4.78 is 2.99. The van der Waals surface area contributed by atoms with Crippen molar-refractivity contribution in [3.05, 3.63) is 46.2 Å². The molecule has 1 N–H and O–H groups in total. The van der Waals surface area contributed by atoms with Crippen LogP contribution in [0.1, 0.15) is 18.2 Å². The molecule has 0 bridgehead atoms. The number of halogens is 1. The van der Waals surface area contributed by atoms with Gasteiger partial charge in [-0.05, 0) is 37.2 Å². The van der Waals surface area contributed by atoms with E-state index in [-0.39, 0.29) is 0 Å². The Morgan fingerprint density at radius 1 is 1.35 bits per heavy atom. The van der Waals surface area contributed by atoms with Crippen LogP contribution in [-0.4, -0.2) is 16.3 Å². The van der Waals surface area contributed by atoms with Crippen molar-refractivity contribution in [2.24, 2.45) is 0 Å². The molecule has 2 rings (SSSR count). The van der Waals surface area contributed by atoms with Crippen LogP contribution >= 0.6 is 15.9 Å². The SMILES string of the molecule is CCNCc1ccn(-c2cc(Br)ccc2C)n1. The molecule has 4 heteroatoms. The molecule has 2 aromatic rings. The molecule has 0 radical (unpaired) electrons. The van der Waals surface area contributed by atoms with Gasteiger partial charge >= 0.3 is 0 Å². The second-order valence-electron chi connectivity index (χ2n) is 3.96. The molecular weight excluding hydrogens is 278 g/mol. The maximum atomic E-state index is 4.55. The lowest BCUT2D eigenvalue weighted by atomic mass is 10.2. The van der Waals surface area contributed by atoms with Crippen LogP contribution in [0.5, 0.6) is 0 Å². The van der Waals surface area contributed by atoms with Crippen LogP contribution in [-0.2, 0) is 6.54 Å². The van der Waals surface area contributed by atoms with E-state index in [4.69, 9.17) is 0 Å². The molecule has 90 valence electrons. The number of hydrogen-bond donors (Lipinski definition) is 1. The third-order valence-corrected chi connectivity index (χ3v) is 3.11. The molecule has 0 aliphatic heterocycles. The summed E-state index contributed by atoms with van der Waals surface area (Å²) in [6, 6.07) is 8.26. The van der Waals surface area contributed by atoms with Gasteiger partial charge in [-0.2, -0.15) is 5.10 Å². The Morgan fingerprint density at radius 2 is 2.18 bits per heavy atom. The standard InChI is InChI=1S/C13H16BrN3/c1-3-15-9-12-6-7-17(16-12)13-8-11(14)5-4-10(13)2/h4-8,15H,3,9H2,1-2H3. The highest BCUT2D eigenvalue weighted by Crippen LogP contribution is 2.19. The van der Waals surface area contributed by atoms with Crippen molar-refractivity contribution < 1.29 is 0 Å². The van der Waals surface area contributed by atoms with Crippen LogP contribution in [0.4, 0.5) is 0 Å². The monoisotopic (exact) mass is 293 g/mol. The lowest BCUT2D eigenvalue weighted by Gasteiger charge is -2.06. The highest BCUT2D eigenvalue weighted by Gasteiger charge is 2.04. The van der Waals surface area contributed by atoms with Crippen LogP contribution in [0, 0.1) is 6.92 Å². The van der Waals surface area contributed by atoms with E-state index in [2.05, 4.69) is 52.3 Å². The van der Waals surface area contributed by atoms with Crippen LogP contribution in [0.3, 0.4) is 0 Å². The molecule has 0 aliphatic carbocycles. The molecule has 17 heavy (non-hydrogen) atoms. The van der Waals surface area contributed by atoms with Gasteiger partial charge < -0.3 is 5.32 Å². The van der Waals surface area contributed by atoms with E-state index in [1.54, 1.807) is 0 Å². The zero-order chi connectivity index (χ0) is 12.3. The quantitative estimate of drug-likeness (QED) is 0.939. The van der Waals surface area contributed by atoms with Crippen molar-refractivity contribution in [1.29, 1.82) is 0 Å². The van der Waals surface area contributed by atoms with Gasteiger partial charge in [0.15, 0.2) is 0 Å². The second-order valence-corrected chi connectivity index (χ2v) is 4.88. The van der Waals surface area contributed by atoms with E-state index in [9.17, 15) is 0 Å². The predicted molar refractivity (Wildman–Crippen MR) is 73.4 cm³/mol. The maximum absolute atomic E-state index is 4.55. The Balaban J connectivity index is 2.27. The van der Waals surface area contributed by atoms with Crippen molar-refractivity contribution >= 4 is 15.9 Å². The molecule has 0 unspecified atom stereocenters. The number of benzene rings is 1. The highest BCUT2D eigenvalue weighted by atomic mass is 79.9. The molecule has 3 nitrogen and oxygen atoms in total. The zero-order valence-corrected chi connectivity index (χ0v) is 11.7. The Bertz CT molecular complexity index is 505. The summed E-state index contributed by atoms with van der Waals surface area (Å²) in [5.41, 5.74) is 3.39. The number of rotatable bonds is 4. The third kappa shape index (κ3) is 2.96. The predicted octanol–water partition coefficient (Wildman–Crippen LogP) is 3.05. The van der Waals surface area contributed by atoms with Crippen LogP contribution in [0.15, 0.2) is 34.9 Å². The molecule has 0 saturated carbocycles. The Labute approximate surface area is 110 Å². The summed E-state index contributed by atoms with van der Waals surface area (Å²) >= 11 is 3.49. The molecule has 0 amide bonds. The van der Waals surface area contributed by atoms with Gasteiger partial charge in [0.2, 0.25) is 0 Å². The fraction of sp³-hybridized carbons (Fsp3) is 0.308. The Kier molecular flexibility index (Phi) is 3.97. The zero-order valence-electron chi connectivity index (χ0n) is 10.1. The Morgan fingerprint density at radius 3 is 2.94 bits per heavy atom. The first-order valence-electron chi connectivity index (χ1n) is 5.72. The molecule has 0 fully saturated rings. The summed E-state index contributed by atoms with van der Waals surface area (Å²) in [6.07, 6.45) is 2.00. The fourth-order valence-electron chi connectivity index (χ4n) is 1.67. The topological polar surface area (TPSA) is 29.9 Å². The summed E-state index contributed by atoms with van der Waals surface area (Å²) in [5, 5.41) is 7.82. The lowest BCUT2D eigenvalue weighted by Crippen LogP contribution is -2.12. The van der Waals surface area contributed by atoms with Crippen LogP contribution < -0.4 is 5.32 Å². The molecule has 0 spiro atoms. The summed E-state index contributed by atoms with van der Waals surface area (Å²) in [6.45, 7) is 5.96. The van der Waals surface area contributed by atoms with Crippen molar-refractivity contribution in [3.8, 4) is 5.69 Å². The van der Waals surface area contributed by atoms with Gasteiger partial charge in [0.05, 0.1) is 11.4 Å². The first-order valence-corrected chi connectivity index (χ1v) is 6.52. The molecule has 0 aliphatic rings. The molecule has 0 saturated heterocycles. The number of aromatic nitrogens is 2. The highest BCUT2D eigenvalue weighted by molar-refractivity contribution is 9.10. The van der Waals surface area contributed by atoms with Gasteiger partial charge in [0.1, 0.15) is 0 Å². The first-order chi connectivity index (χ1) is 8.20. The van der Waals surface area contributed by atoms with Gasteiger partial charge in [-0.1, -0.05) is 28.9 Å². The number of aryl methyl sites for hydroxylation is 1. The van der Waals surface area contributed by atoms with Gasteiger partial charge in [0.25, 0.3) is 0 Å². The normalized spacial score (nSPS) is 10.8. The van der Waals surface area contributed by atoms with E-state index in [0.717, 1.165) is 28.9 Å². The molecule has 1 aromatic carbocycles. The van der Waals surface area contributed by atoms with E-state index >= 15 is 0 Å². The number of nitrogens with one attached hydrogen (secondary N) is 1. The smallest absolute Gasteiger partial charge is 0.0766 e. The van der Waals surface area contributed by atoms with Gasteiger partial charge in [-0.3, -0.25) is 0 Å². The minimum atomic E-state index is 0.816. The van der Waals surface area contributed by atoms with Gasteiger partial charge in [-0.25, -0.2) is 4.68 Å². The van der Waals surface area contributed by atoms with E-state index in [1.165, 1.54) is 5.56 Å². The van der Waals surface area contributed by atoms with Gasteiger partial charge in [-0.15, -0.1) is 0 Å². The molecule has 1 heterocycles. The third-order valence-electron chi connectivity index (χ3n) is 2.62. The second kappa shape index (κ2) is 5.47. The summed E-state index contributed by atoms with van der Waals surface area (Å²) in [4.78, 5) is 0. The van der Waals surface area contributed by atoms with Crippen LogP contribution in [0.2, 0.25) is 0 Å². The summed E-state index contributed by atoms with van der Waals surface area (Å²) in [7, 11) is 0. The minimum absolute atomic E-state index is 0.816. The fourth-order valence-corrected chi connectivity index (χ4v) is 2.02. The largest absolute Gasteiger partial charge is 0.311 e. The van der Waals surface area contributed by atoms with E-state index < -0.39 is 0 Å². The van der Waals surface area contributed by atoms with Crippen molar-refractivity contribution in [1.82, 2.24) is 15.1 Å². The van der Waals surface area contributed by atoms with Crippen molar-refractivity contribution in [3.63, 3.8) is 0 Å². The van der Waals surface area contributed by atoms with E-state index in [0.29, 0.717) is 0 Å². The molecular formula is C13H16BrN3. The summed E-state index contributed by atoms with van der Waals surface area (Å²) in [5.74, 6) is 0. The van der Waals surface area contributed by atoms with Gasteiger partial charge in [0, 0.05) is 17.2 Å². The first kappa shape index (κ1) is 12.3. The average molecular weight is 294 g/mol. The number of hydrogen-bond acceptors (Lipinski definition) is 2. The molecule has 0 atom stereocenters. The number of nitrogens with zero attached hydrogens (tertiary/aromatic N) is 2. The lowest BCUT2D eigenvalue weighted by molar-refractivity contribution is 0.696. The average Bonchev–Trinajstić information content (AvgIpc) is 2.78. The molecule has 1 aromatic heterocycles. The maximum Gasteiger partial charge on any atom is 0.0766 e. The van der Waals surface area contributed by atoms with Crippen molar-refractivity contribution in [2.75, 3.05) is 6.54 Å². The van der Waals surface area contributed by atoms with Crippen LogP contribution in [0.25, 0.3) is 5.69 Å². The Hall–Kier alpha value is -1.13. The minimum Gasteiger partial charge on any atom is -0.311 e.